The molecule has 1 N–H and O–H groups in total. The van der Waals surface area contributed by atoms with Crippen LogP contribution in [-0.2, 0) is 19.5 Å². The van der Waals surface area contributed by atoms with Gasteiger partial charge in [0.1, 0.15) is 12.3 Å². The Bertz CT molecular complexity index is 1580. The number of tetrazole rings is 1. The van der Waals surface area contributed by atoms with Gasteiger partial charge in [0.2, 0.25) is 0 Å². The fraction of sp³-hybridized carbons (Fsp3) is 0.333. The van der Waals surface area contributed by atoms with E-state index < -0.39 is 0 Å². The molecule has 0 amide bonds. The molecule has 8 nitrogen and oxygen atoms in total. The van der Waals surface area contributed by atoms with E-state index in [0.717, 1.165) is 53.0 Å². The van der Waals surface area contributed by atoms with Crippen molar-refractivity contribution in [2.75, 3.05) is 6.54 Å². The van der Waals surface area contributed by atoms with Gasteiger partial charge in [0.25, 0.3) is 5.56 Å². The molecule has 1 unspecified atom stereocenters. The number of nitrogens with zero attached hydrogens (tertiary/aromatic N) is 5. The Morgan fingerprint density at radius 3 is 2.63 bits per heavy atom. The van der Waals surface area contributed by atoms with Crippen LogP contribution >= 0.6 is 0 Å². The number of H-pyrrole nitrogens is 1. The van der Waals surface area contributed by atoms with Crippen molar-refractivity contribution in [3.63, 3.8) is 0 Å². The molecule has 196 valence electrons. The molecule has 0 aliphatic carbocycles. The van der Waals surface area contributed by atoms with Gasteiger partial charge in [-0.25, -0.2) is 4.68 Å². The van der Waals surface area contributed by atoms with Gasteiger partial charge in [0, 0.05) is 18.7 Å². The number of hydrogen-bond donors (Lipinski definition) is 1. The second-order valence-corrected chi connectivity index (χ2v) is 10.0. The lowest BCUT2D eigenvalue weighted by Crippen LogP contribution is -2.34. The van der Waals surface area contributed by atoms with E-state index in [1.807, 2.05) is 25.1 Å². The van der Waals surface area contributed by atoms with Crippen molar-refractivity contribution in [2.24, 2.45) is 0 Å². The van der Waals surface area contributed by atoms with E-state index >= 15 is 0 Å². The highest BCUT2D eigenvalue weighted by atomic mass is 16.3. The van der Waals surface area contributed by atoms with Crippen LogP contribution in [0.4, 0.5) is 0 Å². The molecular formula is C30H34N6O2. The second kappa shape index (κ2) is 11.1. The average Bonchev–Trinajstić information content (AvgIpc) is 3.57. The van der Waals surface area contributed by atoms with Gasteiger partial charge in [-0.05, 0) is 90.4 Å². The van der Waals surface area contributed by atoms with Crippen LogP contribution in [0.2, 0.25) is 0 Å². The highest BCUT2D eigenvalue weighted by molar-refractivity contribution is 5.82. The maximum absolute atomic E-state index is 13.3. The maximum Gasteiger partial charge on any atom is 0.252 e. The highest BCUT2D eigenvalue weighted by Crippen LogP contribution is 2.26. The summed E-state index contributed by atoms with van der Waals surface area (Å²) in [4.78, 5) is 18.7. The van der Waals surface area contributed by atoms with E-state index in [9.17, 15) is 4.79 Å². The van der Waals surface area contributed by atoms with Gasteiger partial charge in [0.15, 0.2) is 5.82 Å². The number of aromatic amines is 1. The molecule has 5 aromatic rings. The normalized spacial score (nSPS) is 12.4. The molecule has 3 heterocycles. The lowest BCUT2D eigenvalue weighted by Gasteiger charge is -2.30. The maximum atomic E-state index is 13.3. The minimum atomic E-state index is -0.0849. The van der Waals surface area contributed by atoms with Crippen LogP contribution in [0.5, 0.6) is 0 Å². The highest BCUT2D eigenvalue weighted by Gasteiger charge is 2.26. The van der Waals surface area contributed by atoms with Gasteiger partial charge in [-0.3, -0.25) is 9.69 Å². The van der Waals surface area contributed by atoms with Crippen molar-refractivity contribution in [3.8, 4) is 0 Å². The topological polar surface area (TPSA) is 92.8 Å². The molecule has 0 saturated heterocycles. The Kier molecular flexibility index (Phi) is 7.51. The smallest absolute Gasteiger partial charge is 0.252 e. The first kappa shape index (κ1) is 25.6. The Balaban J connectivity index is 1.51. The van der Waals surface area contributed by atoms with Gasteiger partial charge in [-0.1, -0.05) is 42.8 Å². The monoisotopic (exact) mass is 510 g/mol. The predicted molar refractivity (Wildman–Crippen MR) is 148 cm³/mol. The van der Waals surface area contributed by atoms with E-state index in [-0.39, 0.29) is 11.6 Å². The number of pyridine rings is 1. The third-order valence-electron chi connectivity index (χ3n) is 7.24. The standard InChI is InChI=1S/C30H34N6O2/c1-5-27(29-32-33-34-36(29)19-26-11-8-14-38-26)35(13-12-23-10-7-6-9-21(23)3)18-25-17-24-16-20(2)15-22(4)28(24)31-30(25)37/h6-11,14-17,27H,5,12-13,18-19H2,1-4H3,(H,31,37). The van der Waals surface area contributed by atoms with Crippen LogP contribution in [0.3, 0.4) is 0 Å². The van der Waals surface area contributed by atoms with Crippen molar-refractivity contribution in [2.45, 2.75) is 59.7 Å². The molecule has 3 aromatic heterocycles. The van der Waals surface area contributed by atoms with E-state index in [1.54, 1.807) is 10.9 Å². The van der Waals surface area contributed by atoms with Gasteiger partial charge in [-0.2, -0.15) is 0 Å². The van der Waals surface area contributed by atoms with E-state index in [4.69, 9.17) is 4.42 Å². The summed E-state index contributed by atoms with van der Waals surface area (Å²) in [6, 6.07) is 18.4. The summed E-state index contributed by atoms with van der Waals surface area (Å²) in [6.45, 7) is 10.1. The number of rotatable bonds is 10. The number of fused-ring (bicyclic) bond motifs is 1. The number of aromatic nitrogens is 5. The minimum absolute atomic E-state index is 0.0598. The molecule has 0 aliphatic heterocycles. The Morgan fingerprint density at radius 2 is 1.87 bits per heavy atom. The lowest BCUT2D eigenvalue weighted by atomic mass is 10.0. The largest absolute Gasteiger partial charge is 0.467 e. The number of hydrogen-bond acceptors (Lipinski definition) is 6. The summed E-state index contributed by atoms with van der Waals surface area (Å²) < 4.78 is 7.35. The quantitative estimate of drug-likeness (QED) is 0.275. The van der Waals surface area contributed by atoms with Gasteiger partial charge < -0.3 is 9.40 Å². The van der Waals surface area contributed by atoms with Crippen molar-refractivity contribution >= 4 is 10.9 Å². The van der Waals surface area contributed by atoms with E-state index in [2.05, 4.69) is 82.6 Å². The summed E-state index contributed by atoms with van der Waals surface area (Å²) in [7, 11) is 0. The zero-order valence-corrected chi connectivity index (χ0v) is 22.4. The van der Waals surface area contributed by atoms with Crippen LogP contribution < -0.4 is 5.56 Å². The van der Waals surface area contributed by atoms with Crippen molar-refractivity contribution in [3.05, 3.63) is 111 Å². The van der Waals surface area contributed by atoms with Gasteiger partial charge in [-0.15, -0.1) is 5.10 Å². The number of benzene rings is 2. The zero-order valence-electron chi connectivity index (χ0n) is 22.4. The van der Waals surface area contributed by atoms with Crippen molar-refractivity contribution in [1.82, 2.24) is 30.1 Å². The van der Waals surface area contributed by atoms with Crippen molar-refractivity contribution in [1.29, 1.82) is 0 Å². The molecule has 5 rings (SSSR count). The number of nitrogens with one attached hydrogen (secondary N) is 1. The Labute approximate surface area is 222 Å². The van der Waals surface area contributed by atoms with Crippen LogP contribution in [0.25, 0.3) is 10.9 Å². The lowest BCUT2D eigenvalue weighted by molar-refractivity contribution is 0.171. The van der Waals surface area contributed by atoms with Gasteiger partial charge >= 0.3 is 0 Å². The predicted octanol–water partition coefficient (Wildman–Crippen LogP) is 5.28. The first-order valence-corrected chi connectivity index (χ1v) is 13.1. The van der Waals surface area contributed by atoms with Crippen LogP contribution in [-0.4, -0.2) is 36.6 Å². The fourth-order valence-electron chi connectivity index (χ4n) is 5.29. The third kappa shape index (κ3) is 5.45. The number of furan rings is 1. The molecule has 0 fully saturated rings. The first-order chi connectivity index (χ1) is 18.4. The molecule has 38 heavy (non-hydrogen) atoms. The molecule has 0 aliphatic rings. The van der Waals surface area contributed by atoms with Crippen LogP contribution in [0.15, 0.2) is 70.1 Å². The zero-order chi connectivity index (χ0) is 26.6. The summed E-state index contributed by atoms with van der Waals surface area (Å²) >= 11 is 0. The average molecular weight is 511 g/mol. The van der Waals surface area contributed by atoms with Crippen LogP contribution in [0, 0.1) is 20.8 Å². The SMILES string of the molecule is CCC(c1nnnn1Cc1ccco1)N(CCc1ccccc1C)Cc1cc2cc(C)cc(C)c2[nH]c1=O. The molecule has 1 atom stereocenters. The first-order valence-electron chi connectivity index (χ1n) is 13.1. The van der Waals surface area contributed by atoms with E-state index in [1.165, 1.54) is 16.7 Å². The minimum Gasteiger partial charge on any atom is -0.467 e. The molecular weight excluding hydrogens is 476 g/mol. The molecule has 0 spiro atoms. The number of aryl methyl sites for hydroxylation is 3. The summed E-state index contributed by atoms with van der Waals surface area (Å²) in [5.74, 6) is 1.55. The summed E-state index contributed by atoms with van der Waals surface area (Å²) in [5, 5.41) is 13.7. The molecule has 0 saturated carbocycles. The summed E-state index contributed by atoms with van der Waals surface area (Å²) in [6.07, 6.45) is 3.29. The molecule has 0 radical (unpaired) electrons. The van der Waals surface area contributed by atoms with Crippen LogP contribution in [0.1, 0.15) is 58.8 Å². The van der Waals surface area contributed by atoms with E-state index in [0.29, 0.717) is 13.1 Å². The summed E-state index contributed by atoms with van der Waals surface area (Å²) in [5.41, 5.74) is 6.37. The molecule has 0 bridgehead atoms. The second-order valence-electron chi connectivity index (χ2n) is 10.0. The molecule has 2 aromatic carbocycles. The van der Waals surface area contributed by atoms with Crippen molar-refractivity contribution < 1.29 is 4.42 Å². The Hall–Kier alpha value is -4.04. The molecule has 8 heteroatoms. The third-order valence-corrected chi connectivity index (χ3v) is 7.24. The van der Waals surface area contributed by atoms with Gasteiger partial charge in [0.05, 0.1) is 17.8 Å². The Morgan fingerprint density at radius 1 is 1.03 bits per heavy atom. The fourth-order valence-corrected chi connectivity index (χ4v) is 5.29.